The zero-order valence-corrected chi connectivity index (χ0v) is 14.6. The first-order valence-corrected chi connectivity index (χ1v) is 9.12. The van der Waals surface area contributed by atoms with Crippen molar-refractivity contribution in [3.8, 4) is 0 Å². The third-order valence-electron chi connectivity index (χ3n) is 3.68. The zero-order valence-electron chi connectivity index (χ0n) is 14.6. The van der Waals surface area contributed by atoms with Crippen LogP contribution in [0.1, 0.15) is 84.5 Å². The van der Waals surface area contributed by atoms with Crippen molar-refractivity contribution in [2.45, 2.75) is 90.6 Å². The van der Waals surface area contributed by atoms with E-state index >= 15 is 0 Å². The van der Waals surface area contributed by atoms with Gasteiger partial charge in [0.1, 0.15) is 6.10 Å². The molecule has 0 amide bonds. The lowest BCUT2D eigenvalue weighted by Gasteiger charge is -2.15. The van der Waals surface area contributed by atoms with Crippen LogP contribution in [0.4, 0.5) is 0 Å². The van der Waals surface area contributed by atoms with Crippen molar-refractivity contribution in [3.63, 3.8) is 0 Å². The lowest BCUT2D eigenvalue weighted by atomic mass is 10.1. The maximum Gasteiger partial charge on any atom is 0.306 e. The molecular formula is C18H36O4. The molecule has 0 heterocycles. The van der Waals surface area contributed by atoms with Gasteiger partial charge < -0.3 is 14.6 Å². The third-order valence-corrected chi connectivity index (χ3v) is 3.68. The first kappa shape index (κ1) is 21.4. The largest absolute Gasteiger partial charge is 0.457 e. The lowest BCUT2D eigenvalue weighted by molar-refractivity contribution is -0.154. The van der Waals surface area contributed by atoms with Crippen LogP contribution in [-0.2, 0) is 14.3 Å². The van der Waals surface area contributed by atoms with E-state index in [0.29, 0.717) is 19.6 Å². The molecule has 0 spiro atoms. The van der Waals surface area contributed by atoms with E-state index in [1.807, 2.05) is 0 Å². The van der Waals surface area contributed by atoms with E-state index in [-0.39, 0.29) is 12.6 Å². The standard InChI is InChI=1S/C18H36O4/c1-3-5-7-8-9-10-12-14-21-16-17(15-19)22-18(20)13-11-6-4-2/h17,19H,3-16H2,1-2H3. The number of hydrogen-bond donors (Lipinski definition) is 1. The van der Waals surface area contributed by atoms with Crippen molar-refractivity contribution in [1.82, 2.24) is 0 Å². The summed E-state index contributed by atoms with van der Waals surface area (Å²) < 4.78 is 10.7. The molecule has 4 nitrogen and oxygen atoms in total. The third kappa shape index (κ3) is 14.3. The van der Waals surface area contributed by atoms with Crippen LogP contribution in [0.25, 0.3) is 0 Å². The number of carbonyl (C=O) groups excluding carboxylic acids is 1. The zero-order chi connectivity index (χ0) is 16.5. The van der Waals surface area contributed by atoms with E-state index in [4.69, 9.17) is 9.47 Å². The van der Waals surface area contributed by atoms with E-state index in [1.165, 1.54) is 38.5 Å². The number of aliphatic hydroxyl groups is 1. The molecule has 0 aromatic rings. The second-order valence-electron chi connectivity index (χ2n) is 5.95. The molecule has 0 aliphatic heterocycles. The van der Waals surface area contributed by atoms with Gasteiger partial charge in [-0.15, -0.1) is 0 Å². The Morgan fingerprint density at radius 1 is 0.909 bits per heavy atom. The molecule has 0 aromatic heterocycles. The van der Waals surface area contributed by atoms with Crippen LogP contribution in [0, 0.1) is 0 Å². The van der Waals surface area contributed by atoms with Crippen molar-refractivity contribution in [2.75, 3.05) is 19.8 Å². The molecule has 0 fully saturated rings. The Bertz CT molecular complexity index is 243. The number of esters is 1. The summed E-state index contributed by atoms with van der Waals surface area (Å²) in [5.41, 5.74) is 0. The number of aliphatic hydroxyl groups excluding tert-OH is 1. The number of hydrogen-bond acceptors (Lipinski definition) is 4. The summed E-state index contributed by atoms with van der Waals surface area (Å²) in [5, 5.41) is 9.21. The predicted octanol–water partition coefficient (Wildman–Crippen LogP) is 4.24. The first-order chi connectivity index (χ1) is 10.7. The van der Waals surface area contributed by atoms with Gasteiger partial charge in [-0.3, -0.25) is 4.79 Å². The van der Waals surface area contributed by atoms with Crippen molar-refractivity contribution in [2.24, 2.45) is 0 Å². The highest BCUT2D eigenvalue weighted by Crippen LogP contribution is 2.07. The summed E-state index contributed by atoms with van der Waals surface area (Å²) in [6.07, 6.45) is 11.6. The molecule has 4 heteroatoms. The van der Waals surface area contributed by atoms with Gasteiger partial charge in [0.15, 0.2) is 0 Å². The second kappa shape index (κ2) is 16.8. The molecule has 0 radical (unpaired) electrons. The van der Waals surface area contributed by atoms with Gasteiger partial charge >= 0.3 is 5.97 Å². The van der Waals surface area contributed by atoms with Crippen LogP contribution in [0.15, 0.2) is 0 Å². The number of rotatable bonds is 16. The fraction of sp³-hybridized carbons (Fsp3) is 0.944. The Balaban J connectivity index is 3.47. The minimum atomic E-state index is -0.515. The summed E-state index contributed by atoms with van der Waals surface area (Å²) in [4.78, 5) is 11.6. The van der Waals surface area contributed by atoms with Gasteiger partial charge in [-0.25, -0.2) is 0 Å². The Hall–Kier alpha value is -0.610. The van der Waals surface area contributed by atoms with Crippen LogP contribution < -0.4 is 0 Å². The summed E-state index contributed by atoms with van der Waals surface area (Å²) in [6.45, 7) is 5.13. The smallest absolute Gasteiger partial charge is 0.306 e. The molecule has 0 aliphatic rings. The number of ether oxygens (including phenoxy) is 2. The molecule has 1 N–H and O–H groups in total. The van der Waals surface area contributed by atoms with Gasteiger partial charge in [0.25, 0.3) is 0 Å². The van der Waals surface area contributed by atoms with Crippen molar-refractivity contribution < 1.29 is 19.4 Å². The molecule has 0 bridgehead atoms. The predicted molar refractivity (Wildman–Crippen MR) is 89.9 cm³/mol. The second-order valence-corrected chi connectivity index (χ2v) is 5.95. The Labute approximate surface area is 136 Å². The lowest BCUT2D eigenvalue weighted by Crippen LogP contribution is -2.27. The summed E-state index contributed by atoms with van der Waals surface area (Å²) >= 11 is 0. The van der Waals surface area contributed by atoms with Crippen LogP contribution in [-0.4, -0.2) is 37.0 Å². The minimum absolute atomic E-state index is 0.170. The molecule has 0 rings (SSSR count). The highest BCUT2D eigenvalue weighted by molar-refractivity contribution is 5.69. The van der Waals surface area contributed by atoms with Gasteiger partial charge in [-0.2, -0.15) is 0 Å². The molecule has 0 saturated carbocycles. The highest BCUT2D eigenvalue weighted by atomic mass is 16.6. The van der Waals surface area contributed by atoms with E-state index in [0.717, 1.165) is 25.7 Å². The Kier molecular flexibility index (Phi) is 16.3. The molecule has 0 aliphatic carbocycles. The van der Waals surface area contributed by atoms with E-state index in [2.05, 4.69) is 13.8 Å². The van der Waals surface area contributed by atoms with Crippen LogP contribution in [0.2, 0.25) is 0 Å². The minimum Gasteiger partial charge on any atom is -0.457 e. The van der Waals surface area contributed by atoms with Crippen LogP contribution in [0.5, 0.6) is 0 Å². The summed E-state index contributed by atoms with van der Waals surface area (Å²) in [5.74, 6) is -0.230. The molecule has 1 unspecified atom stereocenters. The molecule has 132 valence electrons. The van der Waals surface area contributed by atoms with Gasteiger partial charge in [0.05, 0.1) is 13.2 Å². The molecule has 1 atom stereocenters. The maximum absolute atomic E-state index is 11.6. The first-order valence-electron chi connectivity index (χ1n) is 9.12. The van der Waals surface area contributed by atoms with Gasteiger partial charge in [0.2, 0.25) is 0 Å². The van der Waals surface area contributed by atoms with Crippen LogP contribution >= 0.6 is 0 Å². The summed E-state index contributed by atoms with van der Waals surface area (Å²) in [6, 6.07) is 0. The van der Waals surface area contributed by atoms with Gasteiger partial charge in [-0.1, -0.05) is 65.2 Å². The number of unbranched alkanes of at least 4 members (excludes halogenated alkanes) is 8. The average Bonchev–Trinajstić information content (AvgIpc) is 2.52. The van der Waals surface area contributed by atoms with E-state index in [1.54, 1.807) is 0 Å². The Morgan fingerprint density at radius 3 is 2.14 bits per heavy atom. The number of carbonyl (C=O) groups is 1. The molecule has 22 heavy (non-hydrogen) atoms. The fourth-order valence-corrected chi connectivity index (χ4v) is 2.26. The van der Waals surface area contributed by atoms with E-state index in [9.17, 15) is 9.90 Å². The van der Waals surface area contributed by atoms with Crippen molar-refractivity contribution >= 4 is 5.97 Å². The van der Waals surface area contributed by atoms with Gasteiger partial charge in [-0.05, 0) is 12.8 Å². The van der Waals surface area contributed by atoms with E-state index < -0.39 is 6.10 Å². The van der Waals surface area contributed by atoms with Crippen molar-refractivity contribution in [3.05, 3.63) is 0 Å². The van der Waals surface area contributed by atoms with Crippen LogP contribution in [0.3, 0.4) is 0 Å². The topological polar surface area (TPSA) is 55.8 Å². The molecule has 0 saturated heterocycles. The maximum atomic E-state index is 11.6. The monoisotopic (exact) mass is 316 g/mol. The Morgan fingerprint density at radius 2 is 1.50 bits per heavy atom. The fourth-order valence-electron chi connectivity index (χ4n) is 2.26. The van der Waals surface area contributed by atoms with Gasteiger partial charge in [0, 0.05) is 13.0 Å². The highest BCUT2D eigenvalue weighted by Gasteiger charge is 2.13. The molecular weight excluding hydrogens is 280 g/mol. The van der Waals surface area contributed by atoms with Crippen molar-refractivity contribution in [1.29, 1.82) is 0 Å². The average molecular weight is 316 g/mol. The summed E-state index contributed by atoms with van der Waals surface area (Å²) in [7, 11) is 0. The SMILES string of the molecule is CCCCCCCCCOCC(CO)OC(=O)CCCCC. The normalized spacial score (nSPS) is 12.3. The quantitative estimate of drug-likeness (QED) is 0.342. The molecule has 0 aromatic carbocycles.